The molecule has 1 unspecified atom stereocenters. The Balaban J connectivity index is 2.21. The predicted molar refractivity (Wildman–Crippen MR) is 58.0 cm³/mol. The molecule has 1 aromatic rings. The second-order valence-corrected chi connectivity index (χ2v) is 3.60. The summed E-state index contributed by atoms with van der Waals surface area (Å²) in [6, 6.07) is 6.68. The van der Waals surface area contributed by atoms with Gasteiger partial charge in [0.15, 0.2) is 0 Å². The third kappa shape index (κ3) is 1.55. The van der Waals surface area contributed by atoms with Gasteiger partial charge in [-0.1, -0.05) is 12.1 Å². The van der Waals surface area contributed by atoms with Crippen molar-refractivity contribution in [1.29, 1.82) is 0 Å². The molecule has 0 aliphatic carbocycles. The van der Waals surface area contributed by atoms with Crippen LogP contribution in [0.15, 0.2) is 18.2 Å². The number of likely N-dealkylation sites (N-methyl/N-ethyl adjacent to an activating group) is 1. The van der Waals surface area contributed by atoms with Crippen LogP contribution in [-0.2, 0) is 6.42 Å². The van der Waals surface area contributed by atoms with Gasteiger partial charge in [0.1, 0.15) is 5.75 Å². The van der Waals surface area contributed by atoms with Gasteiger partial charge in [-0.3, -0.25) is 0 Å². The Morgan fingerprint density at radius 2 is 2.43 bits per heavy atom. The zero-order valence-corrected chi connectivity index (χ0v) is 8.63. The van der Waals surface area contributed by atoms with Crippen molar-refractivity contribution in [2.24, 2.45) is 0 Å². The van der Waals surface area contributed by atoms with E-state index in [9.17, 15) is 0 Å². The molecule has 1 aliphatic rings. The molecule has 2 N–H and O–H groups in total. The number of hydrogen-bond acceptors (Lipinski definition) is 3. The quantitative estimate of drug-likeness (QED) is 0.756. The van der Waals surface area contributed by atoms with Gasteiger partial charge in [0.25, 0.3) is 0 Å². The van der Waals surface area contributed by atoms with Crippen LogP contribution in [0.3, 0.4) is 0 Å². The lowest BCUT2D eigenvalue weighted by molar-refractivity contribution is 0.416. The second kappa shape index (κ2) is 3.88. The Bertz CT molecular complexity index is 325. The molecule has 0 bridgehead atoms. The summed E-state index contributed by atoms with van der Waals surface area (Å²) in [7, 11) is 3.69. The maximum atomic E-state index is 5.30. The normalized spacial score (nSPS) is 18.9. The van der Waals surface area contributed by atoms with Gasteiger partial charge in [0, 0.05) is 12.6 Å². The van der Waals surface area contributed by atoms with Crippen LogP contribution >= 0.6 is 0 Å². The van der Waals surface area contributed by atoms with E-state index in [0.717, 1.165) is 24.4 Å². The molecular formula is C11H16N2O. The smallest absolute Gasteiger partial charge is 0.142 e. The van der Waals surface area contributed by atoms with Gasteiger partial charge < -0.3 is 15.4 Å². The molecule has 0 spiro atoms. The number of methoxy groups -OCH3 is 1. The number of rotatable bonds is 3. The standard InChI is InChI=1S/C11H16N2O/c1-12-7-9-6-8-4-3-5-10(14-2)11(8)13-9/h3-5,9,12-13H,6-7H2,1-2H3. The maximum absolute atomic E-state index is 5.30. The van der Waals surface area contributed by atoms with E-state index in [4.69, 9.17) is 4.74 Å². The number of para-hydroxylation sites is 1. The monoisotopic (exact) mass is 192 g/mol. The van der Waals surface area contributed by atoms with Crippen LogP contribution in [0.5, 0.6) is 5.75 Å². The Labute approximate surface area is 84.5 Å². The molecule has 3 heteroatoms. The lowest BCUT2D eigenvalue weighted by atomic mass is 10.1. The summed E-state index contributed by atoms with van der Waals surface area (Å²) >= 11 is 0. The van der Waals surface area contributed by atoms with Crippen LogP contribution in [0.25, 0.3) is 0 Å². The summed E-state index contributed by atoms with van der Waals surface area (Å²) in [5.74, 6) is 0.945. The first kappa shape index (κ1) is 9.34. The summed E-state index contributed by atoms with van der Waals surface area (Å²) in [4.78, 5) is 0. The predicted octanol–water partition coefficient (Wildman–Crippen LogP) is 1.25. The van der Waals surface area contributed by atoms with E-state index in [1.165, 1.54) is 5.56 Å². The highest BCUT2D eigenvalue weighted by atomic mass is 16.5. The molecule has 76 valence electrons. The van der Waals surface area contributed by atoms with Crippen molar-refractivity contribution in [3.63, 3.8) is 0 Å². The van der Waals surface area contributed by atoms with E-state index in [1.54, 1.807) is 7.11 Å². The van der Waals surface area contributed by atoms with Crippen LogP contribution in [0.4, 0.5) is 5.69 Å². The van der Waals surface area contributed by atoms with E-state index in [0.29, 0.717) is 6.04 Å². The van der Waals surface area contributed by atoms with Crippen LogP contribution in [-0.4, -0.2) is 26.7 Å². The van der Waals surface area contributed by atoms with Crippen molar-refractivity contribution < 1.29 is 4.74 Å². The average molecular weight is 192 g/mol. The van der Waals surface area contributed by atoms with Gasteiger partial charge in [0.05, 0.1) is 12.8 Å². The SMILES string of the molecule is CNCC1Cc2cccc(OC)c2N1. The van der Waals surface area contributed by atoms with Crippen LogP contribution in [0, 0.1) is 0 Å². The fourth-order valence-corrected chi connectivity index (χ4v) is 1.97. The lowest BCUT2D eigenvalue weighted by Crippen LogP contribution is -2.28. The zero-order chi connectivity index (χ0) is 9.97. The van der Waals surface area contributed by atoms with E-state index in [1.807, 2.05) is 19.2 Å². The number of anilines is 1. The minimum atomic E-state index is 0.492. The van der Waals surface area contributed by atoms with Crippen molar-refractivity contribution in [1.82, 2.24) is 5.32 Å². The second-order valence-electron chi connectivity index (χ2n) is 3.60. The topological polar surface area (TPSA) is 33.3 Å². The van der Waals surface area contributed by atoms with Gasteiger partial charge in [-0.2, -0.15) is 0 Å². The highest BCUT2D eigenvalue weighted by Gasteiger charge is 2.22. The Morgan fingerprint density at radius 1 is 1.57 bits per heavy atom. The summed E-state index contributed by atoms with van der Waals surface area (Å²) in [6.07, 6.45) is 1.08. The third-order valence-corrected chi connectivity index (χ3v) is 2.60. The molecule has 0 saturated carbocycles. The number of nitrogens with one attached hydrogen (secondary N) is 2. The Morgan fingerprint density at radius 3 is 3.14 bits per heavy atom. The summed E-state index contributed by atoms with van der Waals surface area (Å²) in [5.41, 5.74) is 2.51. The van der Waals surface area contributed by atoms with Gasteiger partial charge in [-0.25, -0.2) is 0 Å². The fourth-order valence-electron chi connectivity index (χ4n) is 1.97. The molecule has 0 amide bonds. The molecule has 1 aliphatic heterocycles. The van der Waals surface area contributed by atoms with Crippen molar-refractivity contribution in [2.45, 2.75) is 12.5 Å². The molecule has 0 saturated heterocycles. The Kier molecular flexibility index (Phi) is 2.59. The van der Waals surface area contributed by atoms with E-state index in [2.05, 4.69) is 16.7 Å². The van der Waals surface area contributed by atoms with Crippen LogP contribution in [0.1, 0.15) is 5.56 Å². The van der Waals surface area contributed by atoms with Gasteiger partial charge in [0.2, 0.25) is 0 Å². The molecule has 0 radical (unpaired) electrons. The summed E-state index contributed by atoms with van der Waals surface area (Å²) in [5, 5.41) is 6.65. The number of benzene rings is 1. The van der Waals surface area contributed by atoms with Crippen molar-refractivity contribution in [3.8, 4) is 5.75 Å². The average Bonchev–Trinajstić information content (AvgIpc) is 2.60. The molecule has 1 atom stereocenters. The highest BCUT2D eigenvalue weighted by molar-refractivity contribution is 5.66. The number of ether oxygens (including phenoxy) is 1. The molecule has 0 aromatic heterocycles. The van der Waals surface area contributed by atoms with Crippen LogP contribution < -0.4 is 15.4 Å². The number of fused-ring (bicyclic) bond motifs is 1. The van der Waals surface area contributed by atoms with Crippen molar-refractivity contribution in [2.75, 3.05) is 26.0 Å². The zero-order valence-electron chi connectivity index (χ0n) is 8.63. The van der Waals surface area contributed by atoms with Crippen molar-refractivity contribution >= 4 is 5.69 Å². The first-order valence-electron chi connectivity index (χ1n) is 4.92. The van der Waals surface area contributed by atoms with Gasteiger partial charge in [-0.05, 0) is 25.1 Å². The van der Waals surface area contributed by atoms with Crippen LogP contribution in [0.2, 0.25) is 0 Å². The molecule has 0 fully saturated rings. The highest BCUT2D eigenvalue weighted by Crippen LogP contribution is 2.34. The molecule has 2 rings (SSSR count). The maximum Gasteiger partial charge on any atom is 0.142 e. The molecule has 3 nitrogen and oxygen atoms in total. The fraction of sp³-hybridized carbons (Fsp3) is 0.455. The molecule has 14 heavy (non-hydrogen) atoms. The molecular weight excluding hydrogens is 176 g/mol. The summed E-state index contributed by atoms with van der Waals surface area (Å²) < 4.78 is 5.30. The minimum absolute atomic E-state index is 0.492. The van der Waals surface area contributed by atoms with E-state index >= 15 is 0 Å². The lowest BCUT2D eigenvalue weighted by Gasteiger charge is -2.11. The largest absolute Gasteiger partial charge is 0.495 e. The first-order valence-corrected chi connectivity index (χ1v) is 4.92. The minimum Gasteiger partial charge on any atom is -0.495 e. The van der Waals surface area contributed by atoms with E-state index in [-0.39, 0.29) is 0 Å². The molecule has 1 aromatic carbocycles. The third-order valence-electron chi connectivity index (χ3n) is 2.60. The number of hydrogen-bond donors (Lipinski definition) is 2. The first-order chi connectivity index (χ1) is 6.85. The Hall–Kier alpha value is -1.22. The van der Waals surface area contributed by atoms with Crippen molar-refractivity contribution in [3.05, 3.63) is 23.8 Å². The van der Waals surface area contributed by atoms with E-state index < -0.39 is 0 Å². The van der Waals surface area contributed by atoms with Gasteiger partial charge >= 0.3 is 0 Å². The van der Waals surface area contributed by atoms with Gasteiger partial charge in [-0.15, -0.1) is 0 Å². The molecule has 1 heterocycles. The summed E-state index contributed by atoms with van der Waals surface area (Å²) in [6.45, 7) is 0.984.